The first-order chi connectivity index (χ1) is 10.5. The van der Waals surface area contributed by atoms with Crippen LogP contribution in [0.15, 0.2) is 12.2 Å². The monoisotopic (exact) mass is 313 g/mol. The minimum atomic E-state index is -1.22. The smallest absolute Gasteiger partial charge is 0.326 e. The third-order valence-electron chi connectivity index (χ3n) is 3.26. The predicted octanol–water partition coefficient (Wildman–Crippen LogP) is 2.73. The molecule has 0 aliphatic rings. The highest BCUT2D eigenvalue weighted by Crippen LogP contribution is 2.07. The van der Waals surface area contributed by atoms with E-state index in [0.29, 0.717) is 0 Å². The SMILES string of the molecule is CCCCCCCC/C=C/C(=O)NC(CCC(=O)O)C(=O)O. The third-order valence-corrected chi connectivity index (χ3v) is 3.26. The van der Waals surface area contributed by atoms with Crippen LogP contribution in [0.1, 0.15) is 64.7 Å². The van der Waals surface area contributed by atoms with Gasteiger partial charge in [0.1, 0.15) is 6.04 Å². The molecule has 1 amide bonds. The average Bonchev–Trinajstić information content (AvgIpc) is 2.45. The molecule has 0 bridgehead atoms. The number of hydrogen-bond acceptors (Lipinski definition) is 3. The second-order valence-electron chi connectivity index (χ2n) is 5.29. The maximum Gasteiger partial charge on any atom is 0.326 e. The van der Waals surface area contributed by atoms with Crippen molar-refractivity contribution in [3.63, 3.8) is 0 Å². The van der Waals surface area contributed by atoms with Crippen molar-refractivity contribution < 1.29 is 24.6 Å². The summed E-state index contributed by atoms with van der Waals surface area (Å²) < 4.78 is 0. The Labute approximate surface area is 131 Å². The van der Waals surface area contributed by atoms with Gasteiger partial charge in [0.2, 0.25) is 5.91 Å². The summed E-state index contributed by atoms with van der Waals surface area (Å²) >= 11 is 0. The first-order valence-electron chi connectivity index (χ1n) is 7.89. The van der Waals surface area contributed by atoms with Crippen LogP contribution >= 0.6 is 0 Å². The maximum absolute atomic E-state index is 11.6. The van der Waals surface area contributed by atoms with Crippen molar-refractivity contribution in [3.8, 4) is 0 Å². The Morgan fingerprint density at radius 1 is 1.05 bits per heavy atom. The molecule has 3 N–H and O–H groups in total. The summed E-state index contributed by atoms with van der Waals surface area (Å²) in [5, 5.41) is 19.8. The molecule has 0 fully saturated rings. The molecular weight excluding hydrogens is 286 g/mol. The van der Waals surface area contributed by atoms with E-state index in [2.05, 4.69) is 12.2 Å². The van der Waals surface area contributed by atoms with Crippen molar-refractivity contribution in [2.75, 3.05) is 0 Å². The summed E-state index contributed by atoms with van der Waals surface area (Å²) in [4.78, 5) is 32.9. The van der Waals surface area contributed by atoms with Crippen LogP contribution in [0.3, 0.4) is 0 Å². The zero-order chi connectivity index (χ0) is 16.8. The van der Waals surface area contributed by atoms with E-state index >= 15 is 0 Å². The van der Waals surface area contributed by atoms with E-state index in [-0.39, 0.29) is 12.8 Å². The van der Waals surface area contributed by atoms with E-state index < -0.39 is 23.9 Å². The lowest BCUT2D eigenvalue weighted by Crippen LogP contribution is -2.40. The van der Waals surface area contributed by atoms with Gasteiger partial charge in [-0.05, 0) is 25.3 Å². The molecule has 0 saturated heterocycles. The van der Waals surface area contributed by atoms with Crippen LogP contribution in [0.2, 0.25) is 0 Å². The Bertz CT molecular complexity index is 379. The molecular formula is C16H27NO5. The lowest BCUT2D eigenvalue weighted by Gasteiger charge is -2.11. The van der Waals surface area contributed by atoms with Crippen molar-refractivity contribution in [1.29, 1.82) is 0 Å². The number of aliphatic carboxylic acids is 2. The number of rotatable bonds is 13. The summed E-state index contributed by atoms with van der Waals surface area (Å²) in [6.45, 7) is 2.17. The van der Waals surface area contributed by atoms with Gasteiger partial charge < -0.3 is 15.5 Å². The number of carboxylic acid groups (broad SMARTS) is 2. The summed E-state index contributed by atoms with van der Waals surface area (Å²) in [7, 11) is 0. The molecule has 1 unspecified atom stereocenters. The summed E-state index contributed by atoms with van der Waals surface area (Å²) in [6, 6.07) is -1.16. The van der Waals surface area contributed by atoms with Gasteiger partial charge in [-0.1, -0.05) is 45.1 Å². The molecule has 0 rings (SSSR count). The predicted molar refractivity (Wildman–Crippen MR) is 83.6 cm³/mol. The van der Waals surface area contributed by atoms with Gasteiger partial charge in [0.15, 0.2) is 0 Å². The molecule has 6 heteroatoms. The molecule has 0 radical (unpaired) electrons. The number of carboxylic acids is 2. The summed E-state index contributed by atoms with van der Waals surface area (Å²) in [5.41, 5.74) is 0. The van der Waals surface area contributed by atoms with Gasteiger partial charge in [0.05, 0.1) is 0 Å². The number of hydrogen-bond donors (Lipinski definition) is 3. The number of carbonyl (C=O) groups excluding carboxylic acids is 1. The fraction of sp³-hybridized carbons (Fsp3) is 0.688. The van der Waals surface area contributed by atoms with E-state index in [9.17, 15) is 14.4 Å². The Kier molecular flexibility index (Phi) is 11.8. The summed E-state index contributed by atoms with van der Waals surface area (Å²) in [5.74, 6) is -2.80. The highest BCUT2D eigenvalue weighted by atomic mass is 16.4. The van der Waals surface area contributed by atoms with Crippen molar-refractivity contribution in [3.05, 3.63) is 12.2 Å². The highest BCUT2D eigenvalue weighted by Gasteiger charge is 2.19. The molecule has 1 atom stereocenters. The van der Waals surface area contributed by atoms with Crippen molar-refractivity contribution in [2.45, 2.75) is 70.8 Å². The topological polar surface area (TPSA) is 104 Å². The van der Waals surface area contributed by atoms with Crippen molar-refractivity contribution in [2.24, 2.45) is 0 Å². The van der Waals surface area contributed by atoms with Gasteiger partial charge in [-0.3, -0.25) is 9.59 Å². The van der Waals surface area contributed by atoms with Gasteiger partial charge in [0.25, 0.3) is 0 Å². The van der Waals surface area contributed by atoms with Crippen LogP contribution in [0.5, 0.6) is 0 Å². The zero-order valence-corrected chi connectivity index (χ0v) is 13.2. The van der Waals surface area contributed by atoms with Gasteiger partial charge >= 0.3 is 11.9 Å². The maximum atomic E-state index is 11.6. The highest BCUT2D eigenvalue weighted by molar-refractivity contribution is 5.91. The fourth-order valence-electron chi connectivity index (χ4n) is 1.98. The van der Waals surface area contributed by atoms with Crippen LogP contribution in [0.25, 0.3) is 0 Å². The Morgan fingerprint density at radius 3 is 2.27 bits per heavy atom. The Balaban J connectivity index is 3.90. The first kappa shape index (κ1) is 20.1. The van der Waals surface area contributed by atoms with Gasteiger partial charge in [-0.25, -0.2) is 4.79 Å². The number of amides is 1. The van der Waals surface area contributed by atoms with E-state index in [1.807, 2.05) is 0 Å². The molecule has 0 aromatic heterocycles. The Hall–Kier alpha value is -1.85. The Morgan fingerprint density at radius 2 is 1.68 bits per heavy atom. The molecule has 0 aromatic rings. The van der Waals surface area contributed by atoms with E-state index in [0.717, 1.165) is 19.3 Å². The minimum absolute atomic E-state index is 0.123. The molecule has 22 heavy (non-hydrogen) atoms. The lowest BCUT2D eigenvalue weighted by molar-refractivity contribution is -0.142. The quantitative estimate of drug-likeness (QED) is 0.358. The second kappa shape index (κ2) is 12.9. The standard InChI is InChI=1S/C16H27NO5/c1-2-3-4-5-6-7-8-9-10-14(18)17-13(16(21)22)11-12-15(19)20/h9-10,13H,2-8,11-12H2,1H3,(H,17,18)(H,19,20)(H,21,22)/b10-9+. The minimum Gasteiger partial charge on any atom is -0.481 e. The first-order valence-corrected chi connectivity index (χ1v) is 7.89. The van der Waals surface area contributed by atoms with E-state index in [4.69, 9.17) is 10.2 Å². The molecule has 0 heterocycles. The molecule has 0 aromatic carbocycles. The molecule has 0 spiro atoms. The van der Waals surface area contributed by atoms with E-state index in [1.54, 1.807) is 6.08 Å². The molecule has 0 saturated carbocycles. The molecule has 6 nitrogen and oxygen atoms in total. The van der Waals surface area contributed by atoms with Crippen LogP contribution in [-0.2, 0) is 14.4 Å². The van der Waals surface area contributed by atoms with Crippen LogP contribution in [0, 0.1) is 0 Å². The van der Waals surface area contributed by atoms with Crippen LogP contribution in [0.4, 0.5) is 0 Å². The lowest BCUT2D eigenvalue weighted by atomic mass is 10.1. The van der Waals surface area contributed by atoms with Crippen LogP contribution in [-0.4, -0.2) is 34.1 Å². The molecule has 0 aliphatic carbocycles. The molecule has 126 valence electrons. The number of nitrogens with one attached hydrogen (secondary N) is 1. The normalized spacial score (nSPS) is 12.2. The summed E-state index contributed by atoms with van der Waals surface area (Å²) in [6.07, 6.45) is 10.5. The van der Waals surface area contributed by atoms with Gasteiger partial charge in [-0.15, -0.1) is 0 Å². The number of unbranched alkanes of at least 4 members (excludes halogenated alkanes) is 6. The van der Waals surface area contributed by atoms with E-state index in [1.165, 1.54) is 31.8 Å². The number of allylic oxidation sites excluding steroid dienone is 1. The van der Waals surface area contributed by atoms with Crippen LogP contribution < -0.4 is 5.32 Å². The van der Waals surface area contributed by atoms with Gasteiger partial charge in [-0.2, -0.15) is 0 Å². The van der Waals surface area contributed by atoms with Crippen molar-refractivity contribution >= 4 is 17.8 Å². The largest absolute Gasteiger partial charge is 0.481 e. The number of carbonyl (C=O) groups is 3. The third kappa shape index (κ3) is 11.9. The van der Waals surface area contributed by atoms with Gasteiger partial charge in [0, 0.05) is 6.42 Å². The van der Waals surface area contributed by atoms with Crippen molar-refractivity contribution in [1.82, 2.24) is 5.32 Å². The average molecular weight is 313 g/mol. The second-order valence-corrected chi connectivity index (χ2v) is 5.29. The fourth-order valence-corrected chi connectivity index (χ4v) is 1.98. The zero-order valence-electron chi connectivity index (χ0n) is 13.2. The molecule has 0 aliphatic heterocycles.